The van der Waals surface area contributed by atoms with Crippen LogP contribution in [-0.4, -0.2) is 29.4 Å². The van der Waals surface area contributed by atoms with Crippen molar-refractivity contribution in [2.24, 2.45) is 5.73 Å². The summed E-state index contributed by atoms with van der Waals surface area (Å²) in [6.07, 6.45) is 5.75. The molecule has 0 spiro atoms. The summed E-state index contributed by atoms with van der Waals surface area (Å²) in [5.41, 5.74) is 5.80. The molecule has 0 aliphatic heterocycles. The first kappa shape index (κ1) is 11.2. The Hall–Kier alpha value is -0.830. The van der Waals surface area contributed by atoms with Gasteiger partial charge in [-0.25, -0.2) is 0 Å². The standard InChI is InChI=1S/C11H20N2O/c1-3-5-10(12)11(14)13(8-4-2)9-6-7-9/h4,9-10H,2-3,5-8,12H2,1H3. The van der Waals surface area contributed by atoms with Crippen LogP contribution in [0.3, 0.4) is 0 Å². The van der Waals surface area contributed by atoms with Gasteiger partial charge in [0.2, 0.25) is 5.91 Å². The Balaban J connectivity index is 2.48. The fourth-order valence-electron chi connectivity index (χ4n) is 1.59. The van der Waals surface area contributed by atoms with Crippen LogP contribution in [0.2, 0.25) is 0 Å². The quantitative estimate of drug-likeness (QED) is 0.651. The molecule has 3 nitrogen and oxygen atoms in total. The first-order chi connectivity index (χ1) is 6.70. The average molecular weight is 196 g/mol. The van der Waals surface area contributed by atoms with E-state index in [1.165, 1.54) is 0 Å². The van der Waals surface area contributed by atoms with Crippen molar-refractivity contribution < 1.29 is 4.79 Å². The highest BCUT2D eigenvalue weighted by Crippen LogP contribution is 2.27. The van der Waals surface area contributed by atoms with Gasteiger partial charge in [0.25, 0.3) is 0 Å². The second-order valence-electron chi connectivity index (χ2n) is 3.91. The van der Waals surface area contributed by atoms with Crippen LogP contribution in [0.1, 0.15) is 32.6 Å². The highest BCUT2D eigenvalue weighted by Gasteiger charge is 2.33. The van der Waals surface area contributed by atoms with Gasteiger partial charge < -0.3 is 10.6 Å². The molecule has 1 unspecified atom stereocenters. The minimum Gasteiger partial charge on any atom is -0.335 e. The van der Waals surface area contributed by atoms with Crippen molar-refractivity contribution >= 4 is 5.91 Å². The van der Waals surface area contributed by atoms with E-state index in [-0.39, 0.29) is 11.9 Å². The lowest BCUT2D eigenvalue weighted by Gasteiger charge is -2.24. The Kier molecular flexibility index (Phi) is 4.14. The fourth-order valence-corrected chi connectivity index (χ4v) is 1.59. The van der Waals surface area contributed by atoms with Gasteiger partial charge in [-0.3, -0.25) is 4.79 Å². The molecule has 2 N–H and O–H groups in total. The zero-order valence-electron chi connectivity index (χ0n) is 8.91. The molecule has 1 saturated carbocycles. The summed E-state index contributed by atoms with van der Waals surface area (Å²) in [6, 6.07) is 0.115. The Morgan fingerprint density at radius 3 is 2.79 bits per heavy atom. The molecule has 0 aromatic heterocycles. The number of nitrogens with zero attached hydrogens (tertiary/aromatic N) is 1. The largest absolute Gasteiger partial charge is 0.335 e. The van der Waals surface area contributed by atoms with E-state index in [1.54, 1.807) is 6.08 Å². The number of nitrogens with two attached hydrogens (primary N) is 1. The summed E-state index contributed by atoms with van der Waals surface area (Å²) < 4.78 is 0. The van der Waals surface area contributed by atoms with Gasteiger partial charge in [-0.05, 0) is 19.3 Å². The predicted octanol–water partition coefficient (Wildman–Crippen LogP) is 1.29. The maximum atomic E-state index is 11.9. The third-order valence-electron chi connectivity index (χ3n) is 2.51. The van der Waals surface area contributed by atoms with E-state index in [9.17, 15) is 4.79 Å². The third kappa shape index (κ3) is 2.84. The van der Waals surface area contributed by atoms with Crippen LogP contribution in [0.15, 0.2) is 12.7 Å². The van der Waals surface area contributed by atoms with Gasteiger partial charge in [0.05, 0.1) is 6.04 Å². The van der Waals surface area contributed by atoms with Crippen molar-refractivity contribution in [2.75, 3.05) is 6.54 Å². The third-order valence-corrected chi connectivity index (χ3v) is 2.51. The summed E-state index contributed by atoms with van der Waals surface area (Å²) in [5, 5.41) is 0. The Bertz CT molecular complexity index is 211. The lowest BCUT2D eigenvalue weighted by Crippen LogP contribution is -2.44. The van der Waals surface area contributed by atoms with Crippen LogP contribution in [-0.2, 0) is 4.79 Å². The molecule has 0 saturated heterocycles. The number of carbonyl (C=O) groups is 1. The van der Waals surface area contributed by atoms with Crippen molar-refractivity contribution in [1.29, 1.82) is 0 Å². The Morgan fingerprint density at radius 2 is 2.36 bits per heavy atom. The number of rotatable bonds is 6. The molecule has 1 fully saturated rings. The van der Waals surface area contributed by atoms with Crippen LogP contribution in [0.4, 0.5) is 0 Å². The van der Waals surface area contributed by atoms with Crippen LogP contribution >= 0.6 is 0 Å². The molecule has 0 aromatic carbocycles. The molecular weight excluding hydrogens is 176 g/mol. The van der Waals surface area contributed by atoms with Gasteiger partial charge in [0.1, 0.15) is 0 Å². The second-order valence-corrected chi connectivity index (χ2v) is 3.91. The summed E-state index contributed by atoms with van der Waals surface area (Å²) in [6.45, 7) is 6.35. The van der Waals surface area contributed by atoms with Gasteiger partial charge >= 0.3 is 0 Å². The molecular formula is C11H20N2O. The van der Waals surface area contributed by atoms with E-state index >= 15 is 0 Å². The zero-order chi connectivity index (χ0) is 10.6. The number of hydrogen-bond acceptors (Lipinski definition) is 2. The number of amides is 1. The molecule has 0 bridgehead atoms. The summed E-state index contributed by atoms with van der Waals surface area (Å²) in [4.78, 5) is 13.7. The normalized spacial score (nSPS) is 17.6. The van der Waals surface area contributed by atoms with Crippen molar-refractivity contribution in [1.82, 2.24) is 4.90 Å². The van der Waals surface area contributed by atoms with Gasteiger partial charge in [-0.2, -0.15) is 0 Å². The lowest BCUT2D eigenvalue weighted by atomic mass is 10.1. The van der Waals surface area contributed by atoms with Gasteiger partial charge in [0, 0.05) is 12.6 Å². The predicted molar refractivity (Wildman–Crippen MR) is 57.8 cm³/mol. The number of hydrogen-bond donors (Lipinski definition) is 1. The molecule has 1 amide bonds. The first-order valence-electron chi connectivity index (χ1n) is 5.37. The molecule has 3 heteroatoms. The Labute approximate surface area is 86.0 Å². The highest BCUT2D eigenvalue weighted by atomic mass is 16.2. The maximum Gasteiger partial charge on any atom is 0.240 e. The number of carbonyl (C=O) groups excluding carboxylic acids is 1. The van der Waals surface area contributed by atoms with Gasteiger partial charge in [0.15, 0.2) is 0 Å². The lowest BCUT2D eigenvalue weighted by molar-refractivity contribution is -0.132. The van der Waals surface area contributed by atoms with Gasteiger partial charge in [-0.15, -0.1) is 6.58 Å². The average Bonchev–Trinajstić information content (AvgIpc) is 2.97. The molecule has 1 atom stereocenters. The van der Waals surface area contributed by atoms with Crippen molar-refractivity contribution in [3.8, 4) is 0 Å². The highest BCUT2D eigenvalue weighted by molar-refractivity contribution is 5.82. The smallest absolute Gasteiger partial charge is 0.240 e. The summed E-state index contributed by atoms with van der Waals surface area (Å²) in [7, 11) is 0. The monoisotopic (exact) mass is 196 g/mol. The zero-order valence-corrected chi connectivity index (χ0v) is 8.91. The van der Waals surface area contributed by atoms with Crippen molar-refractivity contribution in [2.45, 2.75) is 44.7 Å². The SMILES string of the molecule is C=CCN(C(=O)C(N)CCC)C1CC1. The molecule has 1 rings (SSSR count). The molecule has 0 heterocycles. The van der Waals surface area contributed by atoms with E-state index in [1.807, 2.05) is 11.8 Å². The molecule has 1 aliphatic carbocycles. The minimum atomic E-state index is -0.319. The topological polar surface area (TPSA) is 46.3 Å². The summed E-state index contributed by atoms with van der Waals surface area (Å²) >= 11 is 0. The maximum absolute atomic E-state index is 11.9. The fraction of sp³-hybridized carbons (Fsp3) is 0.727. The molecule has 80 valence electrons. The van der Waals surface area contributed by atoms with E-state index in [0.717, 1.165) is 25.7 Å². The van der Waals surface area contributed by atoms with Crippen LogP contribution in [0.5, 0.6) is 0 Å². The summed E-state index contributed by atoms with van der Waals surface area (Å²) in [5.74, 6) is 0.0919. The molecule has 0 radical (unpaired) electrons. The molecule has 0 aromatic rings. The van der Waals surface area contributed by atoms with Crippen molar-refractivity contribution in [3.63, 3.8) is 0 Å². The van der Waals surface area contributed by atoms with Crippen LogP contribution in [0, 0.1) is 0 Å². The Morgan fingerprint density at radius 1 is 1.71 bits per heavy atom. The van der Waals surface area contributed by atoms with Crippen LogP contribution < -0.4 is 5.73 Å². The van der Waals surface area contributed by atoms with E-state index in [4.69, 9.17) is 5.73 Å². The molecule has 1 aliphatic rings. The van der Waals surface area contributed by atoms with Crippen molar-refractivity contribution in [3.05, 3.63) is 12.7 Å². The minimum absolute atomic E-state index is 0.0919. The van der Waals surface area contributed by atoms with E-state index in [0.29, 0.717) is 12.6 Å². The molecule has 14 heavy (non-hydrogen) atoms. The van der Waals surface area contributed by atoms with E-state index in [2.05, 4.69) is 6.58 Å². The second kappa shape index (κ2) is 5.15. The van der Waals surface area contributed by atoms with Crippen LogP contribution in [0.25, 0.3) is 0 Å². The van der Waals surface area contributed by atoms with Gasteiger partial charge in [-0.1, -0.05) is 19.4 Å². The van der Waals surface area contributed by atoms with E-state index < -0.39 is 0 Å². The first-order valence-corrected chi connectivity index (χ1v) is 5.37.